The van der Waals surface area contributed by atoms with Gasteiger partial charge < -0.3 is 36.4 Å². The van der Waals surface area contributed by atoms with Crippen LogP contribution < -0.4 is 26.6 Å². The highest BCUT2D eigenvalue weighted by Gasteiger charge is 2.33. The number of hydrogen-bond donors (Lipinski definition) is 6. The van der Waals surface area contributed by atoms with Crippen LogP contribution in [-0.2, 0) is 30.5 Å². The van der Waals surface area contributed by atoms with Crippen LogP contribution in [0, 0.1) is 23.7 Å². The van der Waals surface area contributed by atoms with Gasteiger partial charge in [-0.25, -0.2) is 4.79 Å². The van der Waals surface area contributed by atoms with Gasteiger partial charge in [-0.3, -0.25) is 19.2 Å². The Morgan fingerprint density at radius 2 is 1.33 bits per heavy atom. The van der Waals surface area contributed by atoms with Gasteiger partial charge in [0.25, 0.3) is 0 Å². The van der Waals surface area contributed by atoms with Gasteiger partial charge in [0, 0.05) is 12.5 Å². The van der Waals surface area contributed by atoms with Gasteiger partial charge in [-0.2, -0.15) is 11.8 Å². The van der Waals surface area contributed by atoms with E-state index in [9.17, 15) is 29.1 Å². The second-order valence-corrected chi connectivity index (χ2v) is 16.5. The lowest BCUT2D eigenvalue weighted by Crippen LogP contribution is -2.57. The summed E-state index contributed by atoms with van der Waals surface area (Å²) in [5.74, 6) is -1.74. The standard InChI is InChI=1S/C38H65N5O7S/c1-23(2)19-29(31(44)21-26(7)33(45)43-32(25(5)6)36(48)39-22-27-15-13-12-14-16-27)41-34(46)28(17-18-51-11)40-35(47)30(20-24(3)4)42-37(49)50-38(8,9)10/h12-16,23-26,28-32,44H,17-22H2,1-11H3,(H,39,48)(H,40,47)(H,41,46)(H,42,49)(H,43,45)/t26-,28+,29+,30+,31-,32+/m1/s1. The summed E-state index contributed by atoms with van der Waals surface area (Å²) in [5.41, 5.74) is 0.194. The molecule has 0 saturated carbocycles. The SMILES string of the molecule is CSCC[C@H](NC(=O)[C@H](CC(C)C)NC(=O)OC(C)(C)C)C(=O)N[C@@H](CC(C)C)[C@H](O)C[C@@H](C)C(=O)N[C@H](C(=O)NCc1ccccc1)C(C)C. The Kier molecular flexibility index (Phi) is 20.2. The molecule has 0 fully saturated rings. The monoisotopic (exact) mass is 735 g/mol. The molecule has 0 spiro atoms. The number of thioether (sulfide) groups is 1. The highest BCUT2D eigenvalue weighted by molar-refractivity contribution is 7.98. The Balaban J connectivity index is 3.03. The molecule has 1 aromatic rings. The van der Waals surface area contributed by atoms with Gasteiger partial charge in [0.1, 0.15) is 23.7 Å². The molecule has 0 aliphatic rings. The molecule has 5 amide bonds. The van der Waals surface area contributed by atoms with Crippen LogP contribution >= 0.6 is 11.8 Å². The minimum atomic E-state index is -1.08. The van der Waals surface area contributed by atoms with E-state index in [-0.39, 0.29) is 36.0 Å². The molecule has 1 rings (SSSR count). The number of carbonyl (C=O) groups is 5. The molecule has 12 nitrogen and oxygen atoms in total. The summed E-state index contributed by atoms with van der Waals surface area (Å²) in [6, 6.07) is 6.18. The van der Waals surface area contributed by atoms with E-state index in [1.54, 1.807) is 27.7 Å². The maximum Gasteiger partial charge on any atom is 0.408 e. The minimum Gasteiger partial charge on any atom is -0.444 e. The fourth-order valence-corrected chi connectivity index (χ4v) is 5.86. The second kappa shape index (κ2) is 22.6. The van der Waals surface area contributed by atoms with Gasteiger partial charge in [0.05, 0.1) is 12.1 Å². The lowest BCUT2D eigenvalue weighted by molar-refractivity contribution is -0.133. The Morgan fingerprint density at radius 1 is 0.745 bits per heavy atom. The molecule has 0 saturated heterocycles. The average Bonchev–Trinajstić information content (AvgIpc) is 3.02. The number of benzene rings is 1. The summed E-state index contributed by atoms with van der Waals surface area (Å²) in [4.78, 5) is 66.1. The van der Waals surface area contributed by atoms with Gasteiger partial charge in [-0.05, 0) is 81.8 Å². The lowest BCUT2D eigenvalue weighted by Gasteiger charge is -2.30. The van der Waals surface area contributed by atoms with Crippen molar-refractivity contribution in [3.63, 3.8) is 0 Å². The van der Waals surface area contributed by atoms with Gasteiger partial charge in [0.2, 0.25) is 23.6 Å². The molecular formula is C38H65N5O7S. The van der Waals surface area contributed by atoms with Crippen LogP contribution in [0.1, 0.15) is 100 Å². The Labute approximate surface area is 310 Å². The highest BCUT2D eigenvalue weighted by atomic mass is 32.2. The fraction of sp³-hybridized carbons (Fsp3) is 0.711. The molecule has 13 heteroatoms. The van der Waals surface area contributed by atoms with Crippen molar-refractivity contribution in [3.05, 3.63) is 35.9 Å². The van der Waals surface area contributed by atoms with Crippen molar-refractivity contribution in [1.82, 2.24) is 26.6 Å². The first-order valence-corrected chi connectivity index (χ1v) is 19.5. The molecule has 51 heavy (non-hydrogen) atoms. The van der Waals surface area contributed by atoms with E-state index < -0.39 is 59.7 Å². The van der Waals surface area contributed by atoms with Crippen molar-refractivity contribution in [2.75, 3.05) is 12.0 Å². The van der Waals surface area contributed by atoms with Crippen molar-refractivity contribution < 1.29 is 33.8 Å². The predicted octanol–water partition coefficient (Wildman–Crippen LogP) is 4.54. The van der Waals surface area contributed by atoms with Gasteiger partial charge in [-0.1, -0.05) is 78.8 Å². The van der Waals surface area contributed by atoms with Gasteiger partial charge in [0.15, 0.2) is 0 Å². The minimum absolute atomic E-state index is 0.0397. The first kappa shape index (κ1) is 45.7. The number of amides is 5. The number of carbonyl (C=O) groups excluding carboxylic acids is 5. The number of nitrogens with one attached hydrogen (secondary N) is 5. The van der Waals surface area contributed by atoms with Crippen molar-refractivity contribution in [3.8, 4) is 0 Å². The van der Waals surface area contributed by atoms with Crippen molar-refractivity contribution >= 4 is 41.5 Å². The third-order valence-corrected chi connectivity index (χ3v) is 8.72. The molecule has 0 aromatic heterocycles. The maximum atomic E-state index is 13.7. The molecule has 1 aromatic carbocycles. The smallest absolute Gasteiger partial charge is 0.408 e. The zero-order valence-electron chi connectivity index (χ0n) is 32.6. The van der Waals surface area contributed by atoms with Crippen molar-refractivity contribution in [2.24, 2.45) is 23.7 Å². The van der Waals surface area contributed by atoms with E-state index in [0.717, 1.165) is 5.56 Å². The van der Waals surface area contributed by atoms with E-state index in [1.165, 1.54) is 11.8 Å². The third kappa shape index (κ3) is 18.7. The Morgan fingerprint density at radius 3 is 1.86 bits per heavy atom. The summed E-state index contributed by atoms with van der Waals surface area (Å²) in [6.07, 6.45) is 1.22. The number of rotatable bonds is 21. The zero-order valence-corrected chi connectivity index (χ0v) is 33.4. The quantitative estimate of drug-likeness (QED) is 0.107. The molecule has 0 heterocycles. The fourth-order valence-electron chi connectivity index (χ4n) is 5.39. The maximum absolute atomic E-state index is 13.7. The largest absolute Gasteiger partial charge is 0.444 e. The Bertz CT molecular complexity index is 1240. The first-order chi connectivity index (χ1) is 23.7. The highest BCUT2D eigenvalue weighted by Crippen LogP contribution is 2.18. The normalized spacial score (nSPS) is 15.3. The van der Waals surface area contributed by atoms with E-state index in [4.69, 9.17) is 4.74 Å². The van der Waals surface area contributed by atoms with Crippen molar-refractivity contribution in [2.45, 2.75) is 137 Å². The first-order valence-electron chi connectivity index (χ1n) is 18.1. The third-order valence-electron chi connectivity index (χ3n) is 8.07. The number of alkyl carbamates (subject to hydrolysis) is 1. The summed E-state index contributed by atoms with van der Waals surface area (Å²) < 4.78 is 5.36. The van der Waals surface area contributed by atoms with E-state index in [2.05, 4.69) is 26.6 Å². The molecule has 290 valence electrons. The average molecular weight is 736 g/mol. The molecule has 6 N–H and O–H groups in total. The zero-order chi connectivity index (χ0) is 38.9. The second-order valence-electron chi connectivity index (χ2n) is 15.6. The van der Waals surface area contributed by atoms with Crippen molar-refractivity contribution in [1.29, 1.82) is 0 Å². The molecular weight excluding hydrogens is 671 g/mol. The number of aliphatic hydroxyl groups excluding tert-OH is 1. The number of hydrogen-bond acceptors (Lipinski definition) is 8. The van der Waals surface area contributed by atoms with Gasteiger partial charge >= 0.3 is 6.09 Å². The van der Waals surface area contributed by atoms with E-state index in [0.29, 0.717) is 31.6 Å². The van der Waals surface area contributed by atoms with Crippen LogP contribution in [0.2, 0.25) is 0 Å². The van der Waals surface area contributed by atoms with E-state index >= 15 is 0 Å². The van der Waals surface area contributed by atoms with E-state index in [1.807, 2.05) is 78.1 Å². The molecule has 0 aliphatic heterocycles. The van der Waals surface area contributed by atoms with Gasteiger partial charge in [-0.15, -0.1) is 0 Å². The summed E-state index contributed by atoms with van der Waals surface area (Å²) in [7, 11) is 0. The van der Waals surface area contributed by atoms with Crippen LogP contribution in [0.5, 0.6) is 0 Å². The lowest BCUT2D eigenvalue weighted by atomic mass is 9.91. The molecule has 0 radical (unpaired) electrons. The summed E-state index contributed by atoms with van der Waals surface area (Å²) in [6.45, 7) is 18.7. The summed E-state index contributed by atoms with van der Waals surface area (Å²) >= 11 is 1.53. The predicted molar refractivity (Wildman–Crippen MR) is 204 cm³/mol. The van der Waals surface area contributed by atoms with Crippen LogP contribution in [0.15, 0.2) is 30.3 Å². The number of ether oxygens (including phenoxy) is 1. The van der Waals surface area contributed by atoms with Crippen LogP contribution in [0.3, 0.4) is 0 Å². The molecule has 0 aliphatic carbocycles. The Hall–Kier alpha value is -3.32. The molecule has 0 bridgehead atoms. The molecule has 0 unspecified atom stereocenters. The number of aliphatic hydroxyl groups is 1. The van der Waals surface area contributed by atoms with Crippen LogP contribution in [0.4, 0.5) is 4.79 Å². The topological polar surface area (TPSA) is 175 Å². The summed E-state index contributed by atoms with van der Waals surface area (Å²) in [5, 5.41) is 25.5. The van der Waals surface area contributed by atoms with Crippen LogP contribution in [0.25, 0.3) is 0 Å². The molecule has 6 atom stereocenters. The van der Waals surface area contributed by atoms with Crippen LogP contribution in [-0.4, -0.2) is 82.7 Å².